The smallest absolute Gasteiger partial charge is 0.235 e. The molecule has 1 aromatic rings. The molecule has 0 aromatic heterocycles. The first-order valence-corrected chi connectivity index (χ1v) is 12.1. The Labute approximate surface area is 114 Å². The summed E-state index contributed by atoms with van der Waals surface area (Å²) in [4.78, 5) is 0. The first-order chi connectivity index (χ1) is 7.71. The molecule has 0 radical (unpaired) electrons. The van der Waals surface area contributed by atoms with Crippen molar-refractivity contribution in [3.8, 4) is 0 Å². The molecule has 0 saturated carbocycles. The highest BCUT2D eigenvalue weighted by molar-refractivity contribution is 8.31. The molecule has 1 aromatic carbocycles. The van der Waals surface area contributed by atoms with Gasteiger partial charge in [0.1, 0.15) is 6.54 Å². The normalized spacial score (nSPS) is 12.5. The Hall–Kier alpha value is -0.0331. The Balaban J connectivity index is 2.90. The summed E-state index contributed by atoms with van der Waals surface area (Å²) in [5, 5.41) is 0. The predicted octanol–water partition coefficient (Wildman–Crippen LogP) is 3.85. The molecule has 0 aliphatic rings. The van der Waals surface area contributed by atoms with Crippen LogP contribution in [-0.4, -0.2) is 22.6 Å². The fraction of sp³-hybridized carbons (Fsp3) is 0.455. The van der Waals surface area contributed by atoms with Gasteiger partial charge in [-0.05, 0) is 25.2 Å². The second-order valence-electron chi connectivity index (χ2n) is 4.91. The van der Waals surface area contributed by atoms with Crippen LogP contribution in [0.1, 0.15) is 5.56 Å². The number of benzene rings is 1. The Morgan fingerprint density at radius 2 is 1.71 bits per heavy atom. The number of hydrogen-bond donors (Lipinski definition) is 0. The maximum Gasteiger partial charge on any atom is 0.360 e. The summed E-state index contributed by atoms with van der Waals surface area (Å²) in [7, 11) is 6.92. The van der Waals surface area contributed by atoms with Gasteiger partial charge in [-0.3, -0.25) is 0 Å². The van der Waals surface area contributed by atoms with Crippen molar-refractivity contribution < 1.29 is 7.82 Å². The van der Waals surface area contributed by atoms with Crippen LogP contribution < -0.4 is 0 Å². The zero-order chi connectivity index (χ0) is 13.1. The van der Waals surface area contributed by atoms with Gasteiger partial charge in [0, 0.05) is 6.42 Å². The number of rotatable bonds is 4. The number of nitrogens with zero attached hydrogens (tertiary/aromatic N) is 1. The van der Waals surface area contributed by atoms with E-state index in [-0.39, 0.29) is 0 Å². The Kier molecular flexibility index (Phi) is 5.07. The van der Waals surface area contributed by atoms with Crippen molar-refractivity contribution in [1.29, 1.82) is 0 Å². The van der Waals surface area contributed by atoms with Gasteiger partial charge in [0.15, 0.2) is 0 Å². The van der Waals surface area contributed by atoms with Gasteiger partial charge in [0.2, 0.25) is 0 Å². The minimum atomic E-state index is -2.90. The first-order valence-electron chi connectivity index (χ1n) is 5.46. The van der Waals surface area contributed by atoms with Crippen molar-refractivity contribution in [3.63, 3.8) is 0 Å². The van der Waals surface area contributed by atoms with Gasteiger partial charge >= 0.3 is 16.4 Å². The van der Waals surface area contributed by atoms with E-state index >= 15 is 0 Å². The molecular weight excluding hydrogens is 293 g/mol. The van der Waals surface area contributed by atoms with E-state index in [2.05, 4.69) is 19.6 Å². The van der Waals surface area contributed by atoms with Crippen molar-refractivity contribution in [1.82, 2.24) is 0 Å². The fourth-order valence-corrected chi connectivity index (χ4v) is 9.41. The third-order valence-electron chi connectivity index (χ3n) is 2.45. The predicted molar refractivity (Wildman–Crippen MR) is 78.5 cm³/mol. The van der Waals surface area contributed by atoms with Gasteiger partial charge in [-0.25, -0.2) is 3.61 Å². The van der Waals surface area contributed by atoms with Gasteiger partial charge in [0.25, 0.3) is 0 Å². The van der Waals surface area contributed by atoms with E-state index < -0.39 is 16.4 Å². The lowest BCUT2D eigenvalue weighted by molar-refractivity contribution is -0.370. The molecule has 2 nitrogen and oxygen atoms in total. The molecule has 0 unspecified atom stereocenters. The van der Waals surface area contributed by atoms with Crippen LogP contribution in [0.5, 0.6) is 0 Å². The molecule has 6 heteroatoms. The van der Waals surface area contributed by atoms with E-state index in [0.29, 0.717) is 6.54 Å². The van der Waals surface area contributed by atoms with Crippen LogP contribution >= 0.6 is 21.4 Å². The largest absolute Gasteiger partial charge is 0.360 e. The van der Waals surface area contributed by atoms with Crippen LogP contribution in [0.15, 0.2) is 30.3 Å². The van der Waals surface area contributed by atoms with Gasteiger partial charge in [-0.2, -0.15) is 4.21 Å². The highest BCUT2D eigenvalue weighted by atomic mass is 36.0. The zero-order valence-electron chi connectivity index (χ0n) is 10.3. The molecule has 0 aliphatic carbocycles. The first kappa shape index (κ1) is 15.0. The molecule has 1 rings (SSSR count). The fourth-order valence-electron chi connectivity index (χ4n) is 1.64. The van der Waals surface area contributed by atoms with E-state index in [1.165, 1.54) is 5.56 Å². The molecule has 0 fully saturated rings. The summed E-state index contributed by atoms with van der Waals surface area (Å²) in [5.74, 6) is 0. The van der Waals surface area contributed by atoms with Crippen LogP contribution in [0, 0.1) is 0 Å². The Morgan fingerprint density at radius 3 is 2.12 bits per heavy atom. The molecule has 0 amide bonds. The average molecular weight is 311 g/mol. The van der Waals surface area contributed by atoms with Crippen molar-refractivity contribution in [2.45, 2.75) is 26.1 Å². The van der Waals surface area contributed by atoms with E-state index in [4.69, 9.17) is 21.4 Å². The van der Waals surface area contributed by atoms with Crippen molar-refractivity contribution in [2.24, 2.45) is 0 Å². The highest BCUT2D eigenvalue weighted by Crippen LogP contribution is 2.16. The standard InChI is InChI=1S/C11H18Cl2NOSSi/c1-17(2,3)14(16(12,13)15)10-9-11-7-5-4-6-8-11/h4-8H,9-10H2,1-3H3/q+1. The molecule has 0 saturated heterocycles. The second-order valence-corrected chi connectivity index (χ2v) is 14.3. The molecular formula is C11H18Cl2NOSSi+. The summed E-state index contributed by atoms with van der Waals surface area (Å²) in [6.45, 7) is 6.89. The SMILES string of the molecule is C[Si](C)(C)[N+](CCc1ccccc1)=S(=O)(Cl)Cl. The molecule has 0 N–H and O–H groups in total. The van der Waals surface area contributed by atoms with Crippen LogP contribution in [0.4, 0.5) is 0 Å². The molecule has 0 bridgehead atoms. The third-order valence-corrected chi connectivity index (χ3v) is 8.98. The molecule has 0 heterocycles. The van der Waals surface area contributed by atoms with Crippen LogP contribution in [-0.2, 0) is 14.6 Å². The highest BCUT2D eigenvalue weighted by Gasteiger charge is 2.34. The molecule has 0 atom stereocenters. The van der Waals surface area contributed by atoms with Gasteiger partial charge in [-0.1, -0.05) is 30.3 Å². The summed E-state index contributed by atoms with van der Waals surface area (Å²) in [5.41, 5.74) is 1.20. The minimum absolute atomic E-state index is 0.631. The van der Waals surface area contributed by atoms with E-state index in [9.17, 15) is 4.21 Å². The van der Waals surface area contributed by atoms with Crippen molar-refractivity contribution in [3.05, 3.63) is 35.9 Å². The monoisotopic (exact) mass is 310 g/mol. The lowest BCUT2D eigenvalue weighted by Gasteiger charge is -2.15. The van der Waals surface area contributed by atoms with Crippen LogP contribution in [0.2, 0.25) is 19.6 Å². The van der Waals surface area contributed by atoms with Crippen molar-refractivity contribution >= 4 is 37.8 Å². The van der Waals surface area contributed by atoms with Crippen LogP contribution in [0.25, 0.3) is 0 Å². The average Bonchev–Trinajstić information content (AvgIpc) is 2.15. The minimum Gasteiger partial charge on any atom is -0.235 e. The molecule has 0 spiro atoms. The van der Waals surface area contributed by atoms with Gasteiger partial charge in [-0.15, -0.1) is 0 Å². The maximum atomic E-state index is 11.8. The van der Waals surface area contributed by atoms with Gasteiger partial charge < -0.3 is 0 Å². The summed E-state index contributed by atoms with van der Waals surface area (Å²) in [6, 6.07) is 10.1. The summed E-state index contributed by atoms with van der Waals surface area (Å²) in [6.07, 6.45) is 0.807. The third kappa shape index (κ3) is 5.00. The van der Waals surface area contributed by atoms with Crippen molar-refractivity contribution in [2.75, 3.05) is 6.54 Å². The Morgan fingerprint density at radius 1 is 1.18 bits per heavy atom. The lowest BCUT2D eigenvalue weighted by atomic mass is 10.2. The van der Waals surface area contributed by atoms with E-state index in [1.807, 2.05) is 30.3 Å². The zero-order valence-corrected chi connectivity index (χ0v) is 13.6. The number of hydrogen-bond acceptors (Lipinski definition) is 1. The molecule has 0 aliphatic heterocycles. The number of halogens is 2. The maximum absolute atomic E-state index is 11.8. The summed E-state index contributed by atoms with van der Waals surface area (Å²) < 4.78 is 13.6. The van der Waals surface area contributed by atoms with E-state index in [1.54, 1.807) is 3.61 Å². The lowest BCUT2D eigenvalue weighted by Crippen LogP contribution is -2.41. The Bertz CT molecular complexity index is 482. The molecule has 17 heavy (non-hydrogen) atoms. The van der Waals surface area contributed by atoms with E-state index in [0.717, 1.165) is 6.42 Å². The van der Waals surface area contributed by atoms with Gasteiger partial charge in [0.05, 0.1) is 21.4 Å². The summed E-state index contributed by atoms with van der Waals surface area (Å²) >= 11 is 0. The topological polar surface area (TPSA) is 20.1 Å². The quantitative estimate of drug-likeness (QED) is 0.611. The van der Waals surface area contributed by atoms with Crippen LogP contribution in [0.3, 0.4) is 0 Å². The molecule has 96 valence electrons. The second kappa shape index (κ2) is 5.74.